The second kappa shape index (κ2) is 17.0. The third-order valence-electron chi connectivity index (χ3n) is 11.4. The van der Waals surface area contributed by atoms with Crippen molar-refractivity contribution in [2.45, 2.75) is 67.7 Å². The Morgan fingerprint density at radius 2 is 0.946 bits per heavy atom. The van der Waals surface area contributed by atoms with Crippen LogP contribution in [0.1, 0.15) is 83.7 Å². The molecular weight excluding hydrogens is 681 g/mol. The zero-order valence-electron chi connectivity index (χ0n) is 34.5. The van der Waals surface area contributed by atoms with E-state index < -0.39 is 0 Å². The van der Waals surface area contributed by atoms with Crippen LogP contribution < -0.4 is 9.80 Å². The highest BCUT2D eigenvalue weighted by atomic mass is 15.1. The molecule has 284 valence electrons. The average Bonchev–Trinajstić information content (AvgIpc) is 3.20. The minimum absolute atomic E-state index is 0.110. The lowest BCUT2D eigenvalue weighted by Crippen LogP contribution is -2.22. The summed E-state index contributed by atoms with van der Waals surface area (Å²) in [5.41, 5.74) is 20.2. The van der Waals surface area contributed by atoms with Crippen molar-refractivity contribution >= 4 is 22.4 Å². The Bertz CT molecular complexity index is 2380. The molecule has 1 heterocycles. The van der Waals surface area contributed by atoms with E-state index in [0.29, 0.717) is 0 Å². The summed E-state index contributed by atoms with van der Waals surface area (Å²) < 4.78 is 0. The van der Waals surface area contributed by atoms with Crippen LogP contribution in [-0.2, 0) is 6.42 Å². The van der Waals surface area contributed by atoms with Crippen molar-refractivity contribution in [1.29, 1.82) is 0 Å². The van der Waals surface area contributed by atoms with Gasteiger partial charge in [-0.05, 0) is 137 Å². The van der Waals surface area contributed by atoms with Crippen LogP contribution in [-0.4, -0.2) is 36.1 Å². The molecule has 6 aromatic carbocycles. The zero-order chi connectivity index (χ0) is 39.3. The number of nitrogens with zero attached hydrogens (tertiary/aromatic N) is 4. The lowest BCUT2D eigenvalue weighted by Gasteiger charge is -2.28. The normalized spacial score (nSPS) is 11.4. The third-order valence-corrected chi connectivity index (χ3v) is 11.4. The van der Waals surface area contributed by atoms with Crippen molar-refractivity contribution in [2.75, 3.05) is 36.0 Å². The van der Waals surface area contributed by atoms with Gasteiger partial charge in [0.05, 0.1) is 22.4 Å². The summed E-state index contributed by atoms with van der Waals surface area (Å²) in [5, 5.41) is 0. The quantitative estimate of drug-likeness (QED) is 0.110. The molecule has 4 heteroatoms. The number of fused-ring (bicyclic) bond motifs is 1. The Morgan fingerprint density at radius 3 is 1.41 bits per heavy atom. The SMILES string of the molecule is CCN(CC)c1ccc(C(c2cc(C)cc(Cc3ccc(-c4nc5ccccc5nc4-c4ccc(C)cc4)cc3)c2)c2ccc(N(CC)CC)cc2C)c(C)c1. The van der Waals surface area contributed by atoms with Crippen LogP contribution >= 0.6 is 0 Å². The highest BCUT2D eigenvalue weighted by Crippen LogP contribution is 2.39. The van der Waals surface area contributed by atoms with Gasteiger partial charge in [0.25, 0.3) is 0 Å². The predicted octanol–water partition coefficient (Wildman–Crippen LogP) is 12.7. The maximum Gasteiger partial charge on any atom is 0.0973 e. The van der Waals surface area contributed by atoms with Gasteiger partial charge in [-0.25, -0.2) is 9.97 Å². The van der Waals surface area contributed by atoms with Crippen LogP contribution in [0.3, 0.4) is 0 Å². The molecule has 0 unspecified atom stereocenters. The van der Waals surface area contributed by atoms with Crippen molar-refractivity contribution in [3.63, 3.8) is 0 Å². The van der Waals surface area contributed by atoms with E-state index in [2.05, 4.69) is 168 Å². The number of aryl methyl sites for hydroxylation is 4. The van der Waals surface area contributed by atoms with E-state index in [-0.39, 0.29) is 5.92 Å². The maximum atomic E-state index is 5.15. The molecule has 0 amide bonds. The predicted molar refractivity (Wildman–Crippen MR) is 240 cm³/mol. The van der Waals surface area contributed by atoms with Crippen LogP contribution in [0.5, 0.6) is 0 Å². The molecule has 0 aliphatic heterocycles. The number of aromatic nitrogens is 2. The highest BCUT2D eigenvalue weighted by molar-refractivity contribution is 5.86. The molecule has 4 nitrogen and oxygen atoms in total. The van der Waals surface area contributed by atoms with Crippen molar-refractivity contribution in [2.24, 2.45) is 0 Å². The van der Waals surface area contributed by atoms with E-state index in [4.69, 9.17) is 9.97 Å². The first-order chi connectivity index (χ1) is 27.2. The molecule has 0 aliphatic carbocycles. The number of benzene rings is 6. The van der Waals surface area contributed by atoms with Gasteiger partial charge in [-0.3, -0.25) is 0 Å². The Hall–Kier alpha value is -5.74. The Balaban J connectivity index is 1.26. The number of para-hydroxylation sites is 2. The van der Waals surface area contributed by atoms with Gasteiger partial charge in [-0.15, -0.1) is 0 Å². The van der Waals surface area contributed by atoms with E-state index in [1.807, 2.05) is 24.3 Å². The van der Waals surface area contributed by atoms with Gasteiger partial charge in [-0.2, -0.15) is 0 Å². The van der Waals surface area contributed by atoms with Crippen LogP contribution in [0.15, 0.2) is 127 Å². The Morgan fingerprint density at radius 1 is 0.464 bits per heavy atom. The molecule has 0 radical (unpaired) electrons. The molecule has 7 rings (SSSR count). The first-order valence-electron chi connectivity index (χ1n) is 20.4. The van der Waals surface area contributed by atoms with Crippen LogP contribution in [0.2, 0.25) is 0 Å². The van der Waals surface area contributed by atoms with Crippen molar-refractivity contribution in [3.8, 4) is 22.5 Å². The van der Waals surface area contributed by atoms with Gasteiger partial charge in [0, 0.05) is 54.6 Å². The zero-order valence-corrected chi connectivity index (χ0v) is 34.5. The summed E-state index contributed by atoms with van der Waals surface area (Å²) in [7, 11) is 0. The molecule has 56 heavy (non-hydrogen) atoms. The van der Waals surface area contributed by atoms with Gasteiger partial charge in [-0.1, -0.05) is 102 Å². The van der Waals surface area contributed by atoms with E-state index >= 15 is 0 Å². The lowest BCUT2D eigenvalue weighted by molar-refractivity contribution is 0.859. The fourth-order valence-electron chi connectivity index (χ4n) is 8.36. The Labute approximate surface area is 334 Å². The minimum Gasteiger partial charge on any atom is -0.372 e. The molecule has 0 N–H and O–H groups in total. The highest BCUT2D eigenvalue weighted by Gasteiger charge is 2.23. The molecule has 7 aromatic rings. The second-order valence-electron chi connectivity index (χ2n) is 15.3. The van der Waals surface area contributed by atoms with Crippen LogP contribution in [0.4, 0.5) is 11.4 Å². The monoisotopic (exact) mass is 736 g/mol. The number of rotatable bonds is 13. The molecule has 0 saturated heterocycles. The summed E-state index contributed by atoms with van der Waals surface area (Å²) in [6, 6.07) is 47.1. The summed E-state index contributed by atoms with van der Waals surface area (Å²) in [6.45, 7) is 21.9. The number of hydrogen-bond donors (Lipinski definition) is 0. The molecule has 0 bridgehead atoms. The molecule has 1 aromatic heterocycles. The van der Waals surface area contributed by atoms with Crippen molar-refractivity contribution in [3.05, 3.63) is 177 Å². The molecule has 0 spiro atoms. The topological polar surface area (TPSA) is 32.3 Å². The minimum atomic E-state index is 0.110. The fraction of sp³-hybridized carbons (Fsp3) is 0.269. The van der Waals surface area contributed by atoms with Gasteiger partial charge in [0.2, 0.25) is 0 Å². The number of anilines is 2. The summed E-state index contributed by atoms with van der Waals surface area (Å²) in [4.78, 5) is 15.1. The van der Waals surface area contributed by atoms with Gasteiger partial charge < -0.3 is 9.80 Å². The van der Waals surface area contributed by atoms with E-state index in [0.717, 1.165) is 66.1 Å². The third kappa shape index (κ3) is 8.11. The fourth-order valence-corrected chi connectivity index (χ4v) is 8.36. The lowest BCUT2D eigenvalue weighted by atomic mass is 9.79. The van der Waals surface area contributed by atoms with Crippen molar-refractivity contribution < 1.29 is 0 Å². The standard InChI is InChI=1S/C52H56N4/c1-9-55(10-2)44-25-27-46(37(7)31-44)50(47-28-26-45(32-38(47)8)56(11-3)12-4)43-30-36(6)29-40(34-43)33-39-19-23-42(24-20-39)52-51(41-21-17-35(5)18-22-41)53-48-15-13-14-16-49(48)54-52/h13-32,34,50H,9-12,33H2,1-8H3. The average molecular weight is 737 g/mol. The molecule has 0 fully saturated rings. The van der Waals surface area contributed by atoms with Gasteiger partial charge in [0.1, 0.15) is 0 Å². The van der Waals surface area contributed by atoms with Crippen LogP contribution in [0, 0.1) is 27.7 Å². The summed E-state index contributed by atoms with van der Waals surface area (Å²) in [6.07, 6.45) is 0.843. The first kappa shape index (κ1) is 38.5. The number of hydrogen-bond acceptors (Lipinski definition) is 4. The summed E-state index contributed by atoms with van der Waals surface area (Å²) >= 11 is 0. The van der Waals surface area contributed by atoms with E-state index in [9.17, 15) is 0 Å². The first-order valence-corrected chi connectivity index (χ1v) is 20.4. The van der Waals surface area contributed by atoms with Crippen molar-refractivity contribution in [1.82, 2.24) is 9.97 Å². The molecule has 0 aliphatic rings. The second-order valence-corrected chi connectivity index (χ2v) is 15.3. The molecule has 0 atom stereocenters. The Kier molecular flexibility index (Phi) is 11.7. The van der Waals surface area contributed by atoms with Gasteiger partial charge in [0.15, 0.2) is 0 Å². The summed E-state index contributed by atoms with van der Waals surface area (Å²) in [5.74, 6) is 0.110. The van der Waals surface area contributed by atoms with E-state index in [1.165, 1.54) is 61.4 Å². The maximum absolute atomic E-state index is 5.15. The smallest absolute Gasteiger partial charge is 0.0973 e. The largest absolute Gasteiger partial charge is 0.372 e. The van der Waals surface area contributed by atoms with E-state index in [1.54, 1.807) is 0 Å². The molecular formula is C52H56N4. The molecule has 0 saturated carbocycles. The van der Waals surface area contributed by atoms with Gasteiger partial charge >= 0.3 is 0 Å². The van der Waals surface area contributed by atoms with Crippen LogP contribution in [0.25, 0.3) is 33.5 Å².